The molecule has 0 aliphatic rings. The Morgan fingerprint density at radius 1 is 0.867 bits per heavy atom. The maximum Gasteiger partial charge on any atom is 0.289 e. The molecule has 0 fully saturated rings. The molecule has 0 atom stereocenters. The quantitative estimate of drug-likeness (QED) is 0.374. The smallest absolute Gasteiger partial charge is 0.289 e. The third-order valence-corrected chi connectivity index (χ3v) is 5.05. The number of nitrogens with zero attached hydrogens (tertiary/aromatic N) is 2. The average Bonchev–Trinajstić information content (AvgIpc) is 3.19. The lowest BCUT2D eigenvalue weighted by Crippen LogP contribution is -2.22. The van der Waals surface area contributed by atoms with Crippen LogP contribution in [-0.2, 0) is 4.79 Å². The first-order valence-corrected chi connectivity index (χ1v) is 9.68. The van der Waals surface area contributed by atoms with Crippen molar-refractivity contribution in [1.29, 1.82) is 0 Å². The Balaban J connectivity index is 1.82. The predicted molar refractivity (Wildman–Crippen MR) is 118 cm³/mol. The van der Waals surface area contributed by atoms with Crippen molar-refractivity contribution >= 4 is 23.3 Å². The minimum Gasteiger partial charge on any atom is -0.363 e. The van der Waals surface area contributed by atoms with Crippen molar-refractivity contribution in [3.8, 4) is 28.2 Å². The van der Waals surface area contributed by atoms with Gasteiger partial charge in [-0.25, -0.2) is 4.68 Å². The van der Waals surface area contributed by atoms with E-state index in [4.69, 9.17) is 22.4 Å². The Hall–Kier alpha value is -3.70. The van der Waals surface area contributed by atoms with Crippen molar-refractivity contribution in [1.82, 2.24) is 9.78 Å². The van der Waals surface area contributed by atoms with Crippen LogP contribution in [0.1, 0.15) is 15.9 Å². The molecule has 0 saturated heterocycles. The third-order valence-electron chi connectivity index (χ3n) is 4.79. The molecular formula is C24H18ClN3O2. The Bertz CT molecular complexity index is 1230. The SMILES string of the molecule is Cc1ccc(-c2cc(-c3ccc(Cl)cc3)n(-c3ccc(C(=O)C(N)=O)cc3)n2)cc1. The molecule has 0 bridgehead atoms. The number of benzene rings is 3. The first-order chi connectivity index (χ1) is 14.4. The van der Waals surface area contributed by atoms with E-state index in [1.54, 1.807) is 28.9 Å². The van der Waals surface area contributed by atoms with Gasteiger partial charge in [-0.2, -0.15) is 5.10 Å². The summed E-state index contributed by atoms with van der Waals surface area (Å²) in [6.45, 7) is 2.04. The lowest BCUT2D eigenvalue weighted by molar-refractivity contribution is -0.114. The number of ketones is 1. The number of hydrogen-bond acceptors (Lipinski definition) is 3. The molecule has 3 aromatic carbocycles. The monoisotopic (exact) mass is 415 g/mol. The van der Waals surface area contributed by atoms with Gasteiger partial charge in [0.05, 0.1) is 17.1 Å². The van der Waals surface area contributed by atoms with E-state index < -0.39 is 11.7 Å². The summed E-state index contributed by atoms with van der Waals surface area (Å²) in [5.41, 5.74) is 10.9. The van der Waals surface area contributed by atoms with E-state index >= 15 is 0 Å². The maximum atomic E-state index is 11.8. The number of carbonyl (C=O) groups is 2. The zero-order valence-electron chi connectivity index (χ0n) is 16.2. The van der Waals surface area contributed by atoms with Crippen molar-refractivity contribution in [2.75, 3.05) is 0 Å². The minimum absolute atomic E-state index is 0.241. The highest BCUT2D eigenvalue weighted by atomic mass is 35.5. The van der Waals surface area contributed by atoms with E-state index in [1.807, 2.05) is 61.5 Å². The van der Waals surface area contributed by atoms with Crippen LogP contribution in [0.25, 0.3) is 28.2 Å². The number of primary amides is 1. The van der Waals surface area contributed by atoms with Gasteiger partial charge in [-0.05, 0) is 49.4 Å². The van der Waals surface area contributed by atoms with E-state index in [1.165, 1.54) is 5.56 Å². The van der Waals surface area contributed by atoms with Crippen molar-refractivity contribution < 1.29 is 9.59 Å². The van der Waals surface area contributed by atoms with E-state index in [0.29, 0.717) is 5.02 Å². The third kappa shape index (κ3) is 3.88. The van der Waals surface area contributed by atoms with Gasteiger partial charge in [-0.15, -0.1) is 0 Å². The van der Waals surface area contributed by atoms with Gasteiger partial charge in [0.15, 0.2) is 0 Å². The number of nitrogens with two attached hydrogens (primary N) is 1. The van der Waals surface area contributed by atoms with E-state index in [9.17, 15) is 9.59 Å². The second-order valence-electron chi connectivity index (χ2n) is 6.94. The van der Waals surface area contributed by atoms with E-state index in [-0.39, 0.29) is 5.56 Å². The van der Waals surface area contributed by atoms with Crippen molar-refractivity contribution in [3.63, 3.8) is 0 Å². The van der Waals surface area contributed by atoms with Gasteiger partial charge in [0, 0.05) is 21.7 Å². The number of aryl methyl sites for hydroxylation is 1. The van der Waals surface area contributed by atoms with E-state index in [0.717, 1.165) is 28.2 Å². The molecule has 6 heteroatoms. The molecule has 30 heavy (non-hydrogen) atoms. The van der Waals surface area contributed by atoms with Crippen LogP contribution in [0.15, 0.2) is 78.9 Å². The molecule has 5 nitrogen and oxygen atoms in total. The number of halogens is 1. The standard InChI is InChI=1S/C24H18ClN3O2/c1-15-2-4-16(5-3-15)21-14-22(17-6-10-19(25)11-7-17)28(27-21)20-12-8-18(9-13-20)23(29)24(26)30/h2-14H,1H3,(H2,26,30). The summed E-state index contributed by atoms with van der Waals surface area (Å²) >= 11 is 6.05. The van der Waals surface area contributed by atoms with Gasteiger partial charge in [0.1, 0.15) is 0 Å². The molecule has 0 spiro atoms. The molecule has 1 amide bonds. The molecule has 148 valence electrons. The second-order valence-corrected chi connectivity index (χ2v) is 7.38. The van der Waals surface area contributed by atoms with Crippen LogP contribution in [0.4, 0.5) is 0 Å². The summed E-state index contributed by atoms with van der Waals surface area (Å²) in [7, 11) is 0. The van der Waals surface area contributed by atoms with Crippen molar-refractivity contribution in [2.45, 2.75) is 6.92 Å². The second kappa shape index (κ2) is 7.97. The Kier molecular flexibility index (Phi) is 5.21. The molecule has 4 rings (SSSR count). The van der Waals surface area contributed by atoms with Crippen LogP contribution in [-0.4, -0.2) is 21.5 Å². The topological polar surface area (TPSA) is 78.0 Å². The van der Waals surface area contributed by atoms with Gasteiger partial charge >= 0.3 is 0 Å². The summed E-state index contributed by atoms with van der Waals surface area (Å²) < 4.78 is 1.80. The minimum atomic E-state index is -0.981. The van der Waals surface area contributed by atoms with Gasteiger partial charge in [0.2, 0.25) is 5.78 Å². The summed E-state index contributed by atoms with van der Waals surface area (Å²) in [6.07, 6.45) is 0. The predicted octanol–water partition coefficient (Wildman–Crippen LogP) is 4.84. The molecule has 0 radical (unpaired) electrons. The Morgan fingerprint density at radius 2 is 1.47 bits per heavy atom. The van der Waals surface area contributed by atoms with Crippen LogP contribution in [0.5, 0.6) is 0 Å². The number of amides is 1. The molecule has 1 aromatic heterocycles. The summed E-state index contributed by atoms with van der Waals surface area (Å²) in [5, 5.41) is 5.45. The van der Waals surface area contributed by atoms with Crippen LogP contribution < -0.4 is 5.73 Å². The van der Waals surface area contributed by atoms with E-state index in [2.05, 4.69) is 0 Å². The Morgan fingerprint density at radius 3 is 2.07 bits per heavy atom. The van der Waals surface area contributed by atoms with Crippen LogP contribution in [0.2, 0.25) is 5.02 Å². The molecule has 0 saturated carbocycles. The fourth-order valence-electron chi connectivity index (χ4n) is 3.17. The van der Waals surface area contributed by atoms with Gasteiger partial charge < -0.3 is 5.73 Å². The largest absolute Gasteiger partial charge is 0.363 e. The zero-order valence-corrected chi connectivity index (χ0v) is 16.9. The molecule has 0 aliphatic carbocycles. The Labute approximate surface area is 178 Å². The molecule has 1 heterocycles. The van der Waals surface area contributed by atoms with Crippen molar-refractivity contribution in [2.24, 2.45) is 5.73 Å². The number of carbonyl (C=O) groups excluding carboxylic acids is 2. The van der Waals surface area contributed by atoms with Crippen LogP contribution >= 0.6 is 11.6 Å². The van der Waals surface area contributed by atoms with Crippen LogP contribution in [0, 0.1) is 6.92 Å². The van der Waals surface area contributed by atoms with Gasteiger partial charge in [-0.3, -0.25) is 9.59 Å². The molecule has 2 N–H and O–H groups in total. The van der Waals surface area contributed by atoms with Gasteiger partial charge in [-0.1, -0.05) is 53.6 Å². The lowest BCUT2D eigenvalue weighted by atomic mass is 10.1. The molecule has 0 unspecified atom stereocenters. The normalized spacial score (nSPS) is 10.7. The molecular weight excluding hydrogens is 398 g/mol. The molecule has 4 aromatic rings. The highest BCUT2D eigenvalue weighted by molar-refractivity contribution is 6.42. The number of Topliss-reactive ketones (excluding diaryl/α,β-unsaturated/α-hetero) is 1. The summed E-state index contributed by atoms with van der Waals surface area (Å²) in [6, 6.07) is 24.3. The first kappa shape index (κ1) is 19.6. The molecule has 0 aliphatic heterocycles. The first-order valence-electron chi connectivity index (χ1n) is 9.30. The highest BCUT2D eigenvalue weighted by Crippen LogP contribution is 2.30. The van der Waals surface area contributed by atoms with Crippen LogP contribution in [0.3, 0.4) is 0 Å². The number of hydrogen-bond donors (Lipinski definition) is 1. The number of aromatic nitrogens is 2. The fourth-order valence-corrected chi connectivity index (χ4v) is 3.29. The summed E-state index contributed by atoms with van der Waals surface area (Å²) in [4.78, 5) is 23.0. The number of rotatable bonds is 5. The highest BCUT2D eigenvalue weighted by Gasteiger charge is 2.15. The van der Waals surface area contributed by atoms with Crippen molar-refractivity contribution in [3.05, 3.63) is 95.0 Å². The average molecular weight is 416 g/mol. The maximum absolute atomic E-state index is 11.8. The van der Waals surface area contributed by atoms with Gasteiger partial charge in [0.25, 0.3) is 5.91 Å². The fraction of sp³-hybridized carbons (Fsp3) is 0.0417. The summed E-state index contributed by atoms with van der Waals surface area (Å²) in [5.74, 6) is -1.70. The lowest BCUT2D eigenvalue weighted by Gasteiger charge is -2.08. The zero-order chi connectivity index (χ0) is 21.3.